The highest BCUT2D eigenvalue weighted by molar-refractivity contribution is 6.33. The number of benzene rings is 1. The lowest BCUT2D eigenvalue weighted by Gasteiger charge is -2.02. The molecule has 6 heteroatoms. The molecule has 0 spiro atoms. The molecule has 1 rings (SSSR count). The Morgan fingerprint density at radius 2 is 2.14 bits per heavy atom. The zero-order chi connectivity index (χ0) is 10.7. The molecule has 74 valence electrons. The van der Waals surface area contributed by atoms with Crippen LogP contribution in [0.2, 0.25) is 5.02 Å². The Morgan fingerprint density at radius 1 is 1.50 bits per heavy atom. The van der Waals surface area contributed by atoms with Crippen LogP contribution >= 0.6 is 23.2 Å². The van der Waals surface area contributed by atoms with Crippen molar-refractivity contribution in [3.05, 3.63) is 38.9 Å². The van der Waals surface area contributed by atoms with E-state index in [0.29, 0.717) is 11.8 Å². The van der Waals surface area contributed by atoms with Crippen molar-refractivity contribution >= 4 is 35.2 Å². The number of rotatable bonds is 3. The van der Waals surface area contributed by atoms with Crippen molar-refractivity contribution < 1.29 is 9.72 Å². The molecule has 0 aliphatic rings. The summed E-state index contributed by atoms with van der Waals surface area (Å²) in [6, 6.07) is 3.93. The van der Waals surface area contributed by atoms with E-state index < -0.39 is 10.3 Å². The number of halogens is 2. The van der Waals surface area contributed by atoms with Crippen molar-refractivity contribution in [1.29, 1.82) is 0 Å². The summed E-state index contributed by atoms with van der Waals surface area (Å²) in [4.78, 5) is 20.1. The molecule has 4 nitrogen and oxygen atoms in total. The van der Waals surface area contributed by atoms with Crippen LogP contribution in [0.15, 0.2) is 18.2 Å². The van der Waals surface area contributed by atoms with E-state index in [2.05, 4.69) is 0 Å². The van der Waals surface area contributed by atoms with Crippen LogP contribution in [0.5, 0.6) is 0 Å². The summed E-state index contributed by atoms with van der Waals surface area (Å²) in [5.41, 5.74) is 0.238. The summed E-state index contributed by atoms with van der Waals surface area (Å²) >= 11 is 11.2. The third kappa shape index (κ3) is 2.21. The number of nitrogens with zero attached hydrogens (tertiary/aromatic N) is 1. The third-order valence-corrected chi connectivity index (χ3v) is 2.26. The molecular formula is C8H5Cl2NO3. The quantitative estimate of drug-likeness (QED) is 0.349. The molecule has 0 aromatic heterocycles. The molecule has 0 bridgehead atoms. The van der Waals surface area contributed by atoms with Crippen LogP contribution in [0.25, 0.3) is 0 Å². The Hall–Kier alpha value is -1.13. The first kappa shape index (κ1) is 10.9. The molecule has 0 aliphatic carbocycles. The van der Waals surface area contributed by atoms with E-state index in [1.54, 1.807) is 0 Å². The van der Waals surface area contributed by atoms with Crippen molar-refractivity contribution in [3.8, 4) is 0 Å². The number of nitro groups is 1. The first-order chi connectivity index (χ1) is 6.56. The van der Waals surface area contributed by atoms with Crippen LogP contribution in [-0.4, -0.2) is 11.2 Å². The maximum atomic E-state index is 10.4. The second-order valence-electron chi connectivity index (χ2n) is 2.51. The first-order valence-corrected chi connectivity index (χ1v) is 4.41. The average molecular weight is 234 g/mol. The summed E-state index contributed by atoms with van der Waals surface area (Å²) in [7, 11) is 0. The summed E-state index contributed by atoms with van der Waals surface area (Å²) in [6.45, 7) is 0. The minimum absolute atomic E-state index is 0.0278. The van der Waals surface area contributed by atoms with Gasteiger partial charge < -0.3 is 4.79 Å². The van der Waals surface area contributed by atoms with Crippen LogP contribution in [0.1, 0.15) is 10.9 Å². The van der Waals surface area contributed by atoms with Gasteiger partial charge in [-0.15, -0.1) is 11.6 Å². The standard InChI is InChI=1S/C8H5Cl2NO3/c9-6-3-5(7(10)4-12)1-2-8(6)11(13)14/h1-4,7H. The van der Waals surface area contributed by atoms with Crippen LogP contribution in [0.4, 0.5) is 5.69 Å². The number of alkyl halides is 1. The maximum Gasteiger partial charge on any atom is 0.287 e. The minimum Gasteiger partial charge on any atom is -0.301 e. The van der Waals surface area contributed by atoms with Crippen molar-refractivity contribution in [2.45, 2.75) is 5.38 Å². The monoisotopic (exact) mass is 233 g/mol. The second kappa shape index (κ2) is 4.39. The fraction of sp³-hybridized carbons (Fsp3) is 0.125. The van der Waals surface area contributed by atoms with Crippen molar-refractivity contribution in [2.24, 2.45) is 0 Å². The fourth-order valence-electron chi connectivity index (χ4n) is 0.921. The third-order valence-electron chi connectivity index (χ3n) is 1.61. The highest BCUT2D eigenvalue weighted by atomic mass is 35.5. The van der Waals surface area contributed by atoms with Crippen LogP contribution in [0, 0.1) is 10.1 Å². The maximum absolute atomic E-state index is 10.4. The van der Waals surface area contributed by atoms with E-state index in [0.717, 1.165) is 0 Å². The lowest BCUT2D eigenvalue weighted by molar-refractivity contribution is -0.384. The molecule has 0 saturated heterocycles. The number of nitro benzene ring substituents is 1. The largest absolute Gasteiger partial charge is 0.301 e. The van der Waals surface area contributed by atoms with Crippen molar-refractivity contribution in [2.75, 3.05) is 0 Å². The van der Waals surface area contributed by atoms with Gasteiger partial charge >= 0.3 is 0 Å². The van der Waals surface area contributed by atoms with Gasteiger partial charge in [0.05, 0.1) is 4.92 Å². The zero-order valence-corrected chi connectivity index (χ0v) is 8.33. The first-order valence-electron chi connectivity index (χ1n) is 3.59. The van der Waals surface area contributed by atoms with E-state index in [9.17, 15) is 14.9 Å². The molecule has 0 N–H and O–H groups in total. The molecular weight excluding hydrogens is 229 g/mol. The molecule has 0 saturated carbocycles. The molecule has 0 radical (unpaired) electrons. The number of carbonyl (C=O) groups is 1. The molecule has 0 aliphatic heterocycles. The normalized spacial score (nSPS) is 12.1. The number of hydrogen-bond donors (Lipinski definition) is 0. The van der Waals surface area contributed by atoms with Gasteiger partial charge in [0.1, 0.15) is 16.7 Å². The summed E-state index contributed by atoms with van der Waals surface area (Å²) in [5.74, 6) is 0. The minimum atomic E-state index is -0.826. The molecule has 14 heavy (non-hydrogen) atoms. The zero-order valence-electron chi connectivity index (χ0n) is 6.81. The molecule has 0 fully saturated rings. The second-order valence-corrected chi connectivity index (χ2v) is 3.38. The lowest BCUT2D eigenvalue weighted by Crippen LogP contribution is -1.94. The average Bonchev–Trinajstić information content (AvgIpc) is 2.15. The van der Waals surface area contributed by atoms with Crippen molar-refractivity contribution in [1.82, 2.24) is 0 Å². The summed E-state index contributed by atoms with van der Waals surface area (Å²) < 4.78 is 0. The predicted octanol–water partition coefficient (Wildman–Crippen LogP) is 2.73. The highest BCUT2D eigenvalue weighted by Crippen LogP contribution is 2.28. The number of hydrogen-bond acceptors (Lipinski definition) is 3. The SMILES string of the molecule is O=CC(Cl)c1ccc([N+](=O)[O-])c(Cl)c1. The van der Waals surface area contributed by atoms with E-state index in [4.69, 9.17) is 23.2 Å². The van der Waals surface area contributed by atoms with Gasteiger partial charge in [0, 0.05) is 6.07 Å². The van der Waals surface area contributed by atoms with E-state index in [1.807, 2.05) is 0 Å². The molecule has 1 aromatic rings. The van der Waals surface area contributed by atoms with Gasteiger partial charge in [-0.3, -0.25) is 10.1 Å². The van der Waals surface area contributed by atoms with E-state index in [1.165, 1.54) is 18.2 Å². The molecule has 1 atom stereocenters. The molecule has 0 amide bonds. The van der Waals surface area contributed by atoms with E-state index in [-0.39, 0.29) is 10.7 Å². The van der Waals surface area contributed by atoms with Gasteiger partial charge in [0.2, 0.25) is 0 Å². The lowest BCUT2D eigenvalue weighted by atomic mass is 10.1. The molecule has 0 heterocycles. The Bertz CT molecular complexity index is 381. The smallest absolute Gasteiger partial charge is 0.287 e. The topological polar surface area (TPSA) is 60.2 Å². The van der Waals surface area contributed by atoms with Crippen LogP contribution in [-0.2, 0) is 4.79 Å². The molecule has 1 unspecified atom stereocenters. The van der Waals surface area contributed by atoms with Crippen LogP contribution < -0.4 is 0 Å². The number of aldehydes is 1. The Balaban J connectivity index is 3.12. The van der Waals surface area contributed by atoms with Crippen LogP contribution in [0.3, 0.4) is 0 Å². The van der Waals surface area contributed by atoms with Gasteiger partial charge in [-0.25, -0.2) is 0 Å². The fourth-order valence-corrected chi connectivity index (χ4v) is 1.32. The Morgan fingerprint density at radius 3 is 2.57 bits per heavy atom. The van der Waals surface area contributed by atoms with Gasteiger partial charge in [-0.2, -0.15) is 0 Å². The van der Waals surface area contributed by atoms with Gasteiger partial charge in [-0.1, -0.05) is 17.7 Å². The summed E-state index contributed by atoms with van der Waals surface area (Å²) in [5, 5.41) is 9.54. The predicted molar refractivity (Wildman–Crippen MR) is 52.8 cm³/mol. The summed E-state index contributed by atoms with van der Waals surface area (Å²) in [6.07, 6.45) is 0.527. The van der Waals surface area contributed by atoms with Gasteiger partial charge in [0.25, 0.3) is 5.69 Å². The van der Waals surface area contributed by atoms with E-state index >= 15 is 0 Å². The van der Waals surface area contributed by atoms with Crippen molar-refractivity contribution in [3.63, 3.8) is 0 Å². The molecule has 1 aromatic carbocycles. The Labute approximate surface area is 89.6 Å². The Kier molecular flexibility index (Phi) is 3.43. The van der Waals surface area contributed by atoms with Gasteiger partial charge in [0.15, 0.2) is 0 Å². The van der Waals surface area contributed by atoms with Gasteiger partial charge in [-0.05, 0) is 11.6 Å². The number of carbonyl (C=O) groups excluding carboxylic acids is 1. The highest BCUT2D eigenvalue weighted by Gasteiger charge is 2.14.